The Kier molecular flexibility index (Phi) is 3.81. The average Bonchev–Trinajstić information content (AvgIpc) is 2.90. The van der Waals surface area contributed by atoms with E-state index in [1.165, 1.54) is 18.4 Å². The number of hydrogen-bond acceptors (Lipinski definition) is 2. The Morgan fingerprint density at radius 2 is 2.17 bits per heavy atom. The molecule has 3 nitrogen and oxygen atoms in total. The monoisotopic (exact) mass is 250 g/mol. The molecule has 2 saturated heterocycles. The summed E-state index contributed by atoms with van der Waals surface area (Å²) >= 11 is 0. The topological polar surface area (TPSA) is 32.3 Å². The molecule has 0 aromatic carbocycles. The summed E-state index contributed by atoms with van der Waals surface area (Å²) in [7, 11) is 1.77. The molecule has 2 heterocycles. The maximum Gasteiger partial charge on any atom is 0.227 e. The van der Waals surface area contributed by atoms with E-state index >= 15 is 0 Å². The van der Waals surface area contributed by atoms with Gasteiger partial charge in [0.1, 0.15) is 0 Å². The zero-order valence-electron chi connectivity index (χ0n) is 12.1. The van der Waals surface area contributed by atoms with Crippen molar-refractivity contribution in [2.45, 2.75) is 58.5 Å². The highest BCUT2D eigenvalue weighted by molar-refractivity contribution is 5.84. The third kappa shape index (κ3) is 1.99. The van der Waals surface area contributed by atoms with Crippen LogP contribution in [0.4, 0.5) is 0 Å². The van der Waals surface area contributed by atoms with Crippen molar-refractivity contribution in [1.82, 2.24) is 10.2 Å². The quantitative estimate of drug-likeness (QED) is 0.777. The zero-order chi connectivity index (χ0) is 13.3. The van der Waals surface area contributed by atoms with E-state index in [0.717, 1.165) is 19.4 Å². The van der Waals surface area contributed by atoms with Crippen molar-refractivity contribution in [2.75, 3.05) is 13.6 Å². The fourth-order valence-electron chi connectivity index (χ4n) is 3.90. The Labute approximate surface area is 111 Å². The van der Waals surface area contributed by atoms with Gasteiger partial charge in [-0.25, -0.2) is 0 Å². The van der Waals surface area contributed by atoms with Crippen molar-refractivity contribution in [1.29, 1.82) is 0 Å². The first-order chi connectivity index (χ1) is 8.55. The van der Waals surface area contributed by atoms with E-state index in [-0.39, 0.29) is 11.3 Å². The Morgan fingerprint density at radius 3 is 2.72 bits per heavy atom. The van der Waals surface area contributed by atoms with E-state index in [4.69, 9.17) is 0 Å². The molecule has 2 rings (SSSR count). The molecule has 0 aliphatic carbocycles. The second-order valence-corrected chi connectivity index (χ2v) is 6.02. The van der Waals surface area contributed by atoms with Crippen LogP contribution in [-0.2, 0) is 4.79 Å². The maximum absolute atomic E-state index is 12.3. The molecule has 102 valence electrons. The molecule has 2 bridgehead atoms. The summed E-state index contributed by atoms with van der Waals surface area (Å²) in [5.74, 6) is 0.249. The number of carbonyl (C=O) groups excluding carboxylic acids is 1. The lowest BCUT2D eigenvalue weighted by Crippen LogP contribution is -2.47. The molecule has 2 fully saturated rings. The second-order valence-electron chi connectivity index (χ2n) is 6.02. The van der Waals surface area contributed by atoms with Gasteiger partial charge in [-0.15, -0.1) is 0 Å². The van der Waals surface area contributed by atoms with Crippen LogP contribution in [0.3, 0.4) is 0 Å². The van der Waals surface area contributed by atoms with Gasteiger partial charge in [0.05, 0.1) is 5.41 Å². The molecule has 18 heavy (non-hydrogen) atoms. The van der Waals surface area contributed by atoms with Crippen molar-refractivity contribution in [3.8, 4) is 0 Å². The molecular weight excluding hydrogens is 224 g/mol. The van der Waals surface area contributed by atoms with Gasteiger partial charge in [0.15, 0.2) is 0 Å². The Hall–Kier alpha value is -0.830. The summed E-state index contributed by atoms with van der Waals surface area (Å²) in [6, 6.07) is 1.06. The van der Waals surface area contributed by atoms with Crippen LogP contribution in [-0.4, -0.2) is 36.5 Å². The number of allylic oxidation sites excluding steroid dienone is 1. The predicted octanol–water partition coefficient (Wildman–Crippen LogP) is 2.33. The molecule has 0 aromatic rings. The normalized spacial score (nSPS) is 34.7. The van der Waals surface area contributed by atoms with E-state index in [2.05, 4.69) is 37.1 Å². The van der Waals surface area contributed by atoms with Crippen molar-refractivity contribution in [3.63, 3.8) is 0 Å². The van der Waals surface area contributed by atoms with Crippen molar-refractivity contribution >= 4 is 5.91 Å². The van der Waals surface area contributed by atoms with Crippen LogP contribution >= 0.6 is 0 Å². The van der Waals surface area contributed by atoms with Crippen LogP contribution in [0.1, 0.15) is 46.5 Å². The summed E-state index contributed by atoms with van der Waals surface area (Å²) in [4.78, 5) is 14.8. The predicted molar refractivity (Wildman–Crippen MR) is 74.4 cm³/mol. The number of amides is 1. The van der Waals surface area contributed by atoms with Gasteiger partial charge in [-0.1, -0.05) is 18.6 Å². The highest BCUT2D eigenvalue weighted by atomic mass is 16.2. The summed E-state index contributed by atoms with van der Waals surface area (Å²) in [5.41, 5.74) is 1.23. The average molecular weight is 250 g/mol. The van der Waals surface area contributed by atoms with Gasteiger partial charge in [0, 0.05) is 25.7 Å². The molecule has 2 aliphatic heterocycles. The first-order valence-electron chi connectivity index (χ1n) is 7.16. The Bertz CT molecular complexity index is 360. The first kappa shape index (κ1) is 13.6. The SMILES string of the molecule is CC[C@@]1(C(=O)NC)C[C@@H]2CC[C@H]1N2CC=C(C)C. The number of hydrogen-bond donors (Lipinski definition) is 1. The summed E-state index contributed by atoms with van der Waals surface area (Å²) in [6.45, 7) is 7.46. The molecule has 1 amide bonds. The van der Waals surface area contributed by atoms with E-state index < -0.39 is 0 Å². The smallest absolute Gasteiger partial charge is 0.227 e. The van der Waals surface area contributed by atoms with Crippen LogP contribution < -0.4 is 5.32 Å². The van der Waals surface area contributed by atoms with Crippen LogP contribution in [0.25, 0.3) is 0 Å². The molecular formula is C15H26N2O. The second kappa shape index (κ2) is 5.04. The standard InChI is InChI=1S/C15H26N2O/c1-5-15(14(18)16-4)10-12-6-7-13(15)17(12)9-8-11(2)3/h8,12-13H,5-7,9-10H2,1-4H3,(H,16,18)/t12-,13+,15+/m0/s1. The van der Waals surface area contributed by atoms with Crippen LogP contribution in [0, 0.1) is 5.41 Å². The highest BCUT2D eigenvalue weighted by Gasteiger charge is 2.57. The van der Waals surface area contributed by atoms with Crippen molar-refractivity contribution in [3.05, 3.63) is 11.6 Å². The fraction of sp³-hybridized carbons (Fsp3) is 0.800. The van der Waals surface area contributed by atoms with E-state index in [1.807, 2.05) is 0 Å². The van der Waals surface area contributed by atoms with Gasteiger partial charge in [0.2, 0.25) is 5.91 Å². The Morgan fingerprint density at radius 1 is 1.44 bits per heavy atom. The summed E-state index contributed by atoms with van der Waals surface area (Å²) in [5, 5.41) is 2.89. The number of nitrogens with zero attached hydrogens (tertiary/aromatic N) is 1. The van der Waals surface area contributed by atoms with Gasteiger partial charge in [0.25, 0.3) is 0 Å². The van der Waals surface area contributed by atoms with Crippen LogP contribution in [0.5, 0.6) is 0 Å². The number of carbonyl (C=O) groups is 1. The van der Waals surface area contributed by atoms with E-state index in [1.54, 1.807) is 7.05 Å². The summed E-state index contributed by atoms with van der Waals surface area (Å²) in [6.07, 6.45) is 6.74. The van der Waals surface area contributed by atoms with E-state index in [9.17, 15) is 4.79 Å². The van der Waals surface area contributed by atoms with Gasteiger partial charge in [-0.2, -0.15) is 0 Å². The molecule has 1 N–H and O–H groups in total. The van der Waals surface area contributed by atoms with Crippen LogP contribution in [0.2, 0.25) is 0 Å². The molecule has 0 spiro atoms. The fourth-order valence-corrected chi connectivity index (χ4v) is 3.90. The lowest BCUT2D eigenvalue weighted by molar-refractivity contribution is -0.132. The molecule has 3 heteroatoms. The first-order valence-corrected chi connectivity index (χ1v) is 7.16. The number of rotatable bonds is 4. The molecule has 0 saturated carbocycles. The van der Waals surface area contributed by atoms with Crippen LogP contribution in [0.15, 0.2) is 11.6 Å². The molecule has 0 radical (unpaired) electrons. The number of nitrogens with one attached hydrogen (secondary N) is 1. The minimum atomic E-state index is -0.132. The van der Waals surface area contributed by atoms with Gasteiger partial charge in [-0.3, -0.25) is 9.69 Å². The van der Waals surface area contributed by atoms with Gasteiger partial charge in [-0.05, 0) is 39.5 Å². The summed E-state index contributed by atoms with van der Waals surface area (Å²) < 4.78 is 0. The third-order valence-electron chi connectivity index (χ3n) is 4.90. The highest BCUT2D eigenvalue weighted by Crippen LogP contribution is 2.51. The van der Waals surface area contributed by atoms with Gasteiger partial charge >= 0.3 is 0 Å². The lowest BCUT2D eigenvalue weighted by Gasteiger charge is -2.35. The zero-order valence-corrected chi connectivity index (χ0v) is 12.1. The molecule has 2 aliphatic rings. The minimum Gasteiger partial charge on any atom is -0.359 e. The molecule has 3 atom stereocenters. The van der Waals surface area contributed by atoms with E-state index in [0.29, 0.717) is 12.1 Å². The van der Waals surface area contributed by atoms with Gasteiger partial charge < -0.3 is 5.32 Å². The Balaban J connectivity index is 2.19. The largest absolute Gasteiger partial charge is 0.359 e. The third-order valence-corrected chi connectivity index (χ3v) is 4.90. The minimum absolute atomic E-state index is 0.132. The van der Waals surface area contributed by atoms with Crippen molar-refractivity contribution < 1.29 is 4.79 Å². The van der Waals surface area contributed by atoms with Crippen molar-refractivity contribution in [2.24, 2.45) is 5.41 Å². The molecule has 0 aromatic heterocycles. The lowest BCUT2D eigenvalue weighted by atomic mass is 9.71. The number of fused-ring (bicyclic) bond motifs is 2. The molecule has 0 unspecified atom stereocenters. The maximum atomic E-state index is 12.3.